The normalized spacial score (nSPS) is 16.9. The van der Waals surface area contributed by atoms with Crippen LogP contribution in [-0.2, 0) is 0 Å². The molecule has 0 aliphatic carbocycles. The Morgan fingerprint density at radius 2 is 1.93 bits per heavy atom. The first-order chi connectivity index (χ1) is 13.3. The number of fused-ring (bicyclic) bond motifs is 1. The number of imidazole rings is 1. The number of aromatic amines is 1. The first-order valence-electron chi connectivity index (χ1n) is 9.16. The Balaban J connectivity index is 1.51. The van der Waals surface area contributed by atoms with Gasteiger partial charge >= 0.3 is 0 Å². The van der Waals surface area contributed by atoms with Crippen molar-refractivity contribution >= 4 is 16.9 Å². The van der Waals surface area contributed by atoms with Crippen molar-refractivity contribution in [3.05, 3.63) is 78.4 Å². The molecule has 2 aromatic carbocycles. The van der Waals surface area contributed by atoms with Gasteiger partial charge in [0.1, 0.15) is 5.82 Å². The van der Waals surface area contributed by atoms with Crippen molar-refractivity contribution in [1.82, 2.24) is 24.6 Å². The molecule has 0 saturated carbocycles. The summed E-state index contributed by atoms with van der Waals surface area (Å²) in [5.74, 6) is 0.877. The zero-order valence-electron chi connectivity index (χ0n) is 14.7. The molecule has 6 heteroatoms. The van der Waals surface area contributed by atoms with E-state index in [0.29, 0.717) is 5.56 Å². The summed E-state index contributed by atoms with van der Waals surface area (Å²) in [6.07, 6.45) is 5.45. The number of carbonyl (C=O) groups excluding carboxylic acids is 1. The molecule has 2 aromatic heterocycles. The number of hydrogen-bond acceptors (Lipinski definition) is 3. The average Bonchev–Trinajstić information content (AvgIpc) is 3.47. The van der Waals surface area contributed by atoms with Gasteiger partial charge in [-0.2, -0.15) is 5.10 Å². The molecule has 1 aliphatic rings. The third kappa shape index (κ3) is 2.70. The molecule has 0 radical (unpaired) electrons. The zero-order valence-corrected chi connectivity index (χ0v) is 14.7. The summed E-state index contributed by atoms with van der Waals surface area (Å²) >= 11 is 0. The topological polar surface area (TPSA) is 66.8 Å². The molecular weight excluding hydrogens is 338 g/mol. The number of benzene rings is 2. The molecule has 1 atom stereocenters. The first kappa shape index (κ1) is 15.8. The fraction of sp³-hybridized carbons (Fsp3) is 0.190. The fourth-order valence-electron chi connectivity index (χ4n) is 3.84. The molecule has 1 N–H and O–H groups in total. The lowest BCUT2D eigenvalue weighted by atomic mass is 10.1. The van der Waals surface area contributed by atoms with Crippen LogP contribution in [-0.4, -0.2) is 37.1 Å². The maximum absolute atomic E-state index is 13.4. The number of rotatable bonds is 3. The molecule has 1 saturated heterocycles. The summed E-state index contributed by atoms with van der Waals surface area (Å²) in [7, 11) is 0. The smallest absolute Gasteiger partial charge is 0.256 e. The summed E-state index contributed by atoms with van der Waals surface area (Å²) in [5, 5.41) is 4.29. The highest BCUT2D eigenvalue weighted by molar-refractivity contribution is 5.98. The van der Waals surface area contributed by atoms with Crippen LogP contribution in [0.3, 0.4) is 0 Å². The Hall–Kier alpha value is -3.41. The van der Waals surface area contributed by atoms with Gasteiger partial charge in [-0.1, -0.05) is 24.3 Å². The number of para-hydroxylation sites is 3. The number of hydrogen-bond donors (Lipinski definition) is 1. The second kappa shape index (κ2) is 6.39. The van der Waals surface area contributed by atoms with Gasteiger partial charge in [-0.25, -0.2) is 9.67 Å². The molecular formula is C21H19N5O. The summed E-state index contributed by atoms with van der Waals surface area (Å²) in [6, 6.07) is 17.4. The van der Waals surface area contributed by atoms with Crippen molar-refractivity contribution in [2.24, 2.45) is 0 Å². The van der Waals surface area contributed by atoms with Crippen LogP contribution in [0.4, 0.5) is 0 Å². The van der Waals surface area contributed by atoms with Crippen molar-refractivity contribution in [3.63, 3.8) is 0 Å². The molecule has 1 unspecified atom stereocenters. The van der Waals surface area contributed by atoms with Crippen LogP contribution in [0, 0.1) is 0 Å². The molecule has 3 heterocycles. The van der Waals surface area contributed by atoms with Crippen molar-refractivity contribution < 1.29 is 4.79 Å². The highest BCUT2D eigenvalue weighted by atomic mass is 16.2. The van der Waals surface area contributed by atoms with Crippen LogP contribution >= 0.6 is 0 Å². The SMILES string of the molecule is O=C(c1ccccc1-n1cccn1)N1CCCC1c1nc2ccccc2[nH]1. The van der Waals surface area contributed by atoms with Crippen LogP contribution in [0.5, 0.6) is 0 Å². The van der Waals surface area contributed by atoms with E-state index >= 15 is 0 Å². The van der Waals surface area contributed by atoms with Crippen LogP contribution in [0.25, 0.3) is 16.7 Å². The standard InChI is InChI=1S/C21H19N5O/c27-21(15-7-1-4-10-18(15)26-14-6-12-22-26)25-13-5-11-19(25)20-23-16-8-2-3-9-17(16)24-20/h1-4,6-10,12,14,19H,5,11,13H2,(H,23,24). The lowest BCUT2D eigenvalue weighted by Gasteiger charge is -2.24. The number of carbonyl (C=O) groups is 1. The van der Waals surface area contributed by atoms with Gasteiger partial charge in [0, 0.05) is 18.9 Å². The lowest BCUT2D eigenvalue weighted by molar-refractivity contribution is 0.0730. The summed E-state index contributed by atoms with van der Waals surface area (Å²) in [6.45, 7) is 0.730. The highest BCUT2D eigenvalue weighted by Crippen LogP contribution is 2.33. The van der Waals surface area contributed by atoms with E-state index in [2.05, 4.69) is 10.1 Å². The maximum atomic E-state index is 13.4. The van der Waals surface area contributed by atoms with E-state index in [1.54, 1.807) is 10.9 Å². The van der Waals surface area contributed by atoms with Gasteiger partial charge in [0.2, 0.25) is 0 Å². The van der Waals surface area contributed by atoms with Crippen molar-refractivity contribution in [1.29, 1.82) is 0 Å². The lowest BCUT2D eigenvalue weighted by Crippen LogP contribution is -2.31. The van der Waals surface area contributed by atoms with E-state index in [1.807, 2.05) is 65.7 Å². The van der Waals surface area contributed by atoms with Gasteiger partial charge in [0.15, 0.2) is 0 Å². The van der Waals surface area contributed by atoms with Crippen LogP contribution in [0.15, 0.2) is 67.0 Å². The molecule has 6 nitrogen and oxygen atoms in total. The van der Waals surface area contributed by atoms with E-state index in [4.69, 9.17) is 4.98 Å². The van der Waals surface area contributed by atoms with Crippen molar-refractivity contribution in [3.8, 4) is 5.69 Å². The molecule has 134 valence electrons. The minimum atomic E-state index is -0.0319. The van der Waals surface area contributed by atoms with Gasteiger partial charge < -0.3 is 9.88 Å². The monoisotopic (exact) mass is 357 g/mol. The second-order valence-corrected chi connectivity index (χ2v) is 6.76. The highest BCUT2D eigenvalue weighted by Gasteiger charge is 2.33. The largest absolute Gasteiger partial charge is 0.340 e. The van der Waals surface area contributed by atoms with Gasteiger partial charge in [-0.15, -0.1) is 0 Å². The predicted molar refractivity (Wildman–Crippen MR) is 103 cm³/mol. The molecule has 27 heavy (non-hydrogen) atoms. The van der Waals surface area contributed by atoms with E-state index < -0.39 is 0 Å². The van der Waals surface area contributed by atoms with E-state index in [0.717, 1.165) is 41.9 Å². The van der Waals surface area contributed by atoms with E-state index in [1.165, 1.54) is 0 Å². The summed E-state index contributed by atoms with van der Waals surface area (Å²) in [5.41, 5.74) is 3.39. The number of H-pyrrole nitrogens is 1. The third-order valence-corrected chi connectivity index (χ3v) is 5.12. The third-order valence-electron chi connectivity index (χ3n) is 5.12. The molecule has 0 bridgehead atoms. The van der Waals surface area contributed by atoms with Crippen LogP contribution in [0.2, 0.25) is 0 Å². The minimum absolute atomic E-state index is 0.0176. The van der Waals surface area contributed by atoms with E-state index in [9.17, 15) is 4.79 Å². The minimum Gasteiger partial charge on any atom is -0.340 e. The number of likely N-dealkylation sites (tertiary alicyclic amines) is 1. The van der Waals surface area contributed by atoms with Crippen molar-refractivity contribution in [2.75, 3.05) is 6.54 Å². The summed E-state index contributed by atoms with van der Waals surface area (Å²) < 4.78 is 1.74. The maximum Gasteiger partial charge on any atom is 0.256 e. The molecule has 5 rings (SSSR count). The average molecular weight is 357 g/mol. The Morgan fingerprint density at radius 3 is 2.78 bits per heavy atom. The Kier molecular flexibility index (Phi) is 3.74. The molecule has 1 amide bonds. The van der Waals surface area contributed by atoms with Gasteiger partial charge in [0.05, 0.1) is 28.3 Å². The zero-order chi connectivity index (χ0) is 18.2. The summed E-state index contributed by atoms with van der Waals surface area (Å²) in [4.78, 5) is 23.5. The quantitative estimate of drug-likeness (QED) is 0.607. The van der Waals surface area contributed by atoms with Crippen LogP contribution < -0.4 is 0 Å². The molecule has 1 fully saturated rings. The Bertz CT molecular complexity index is 1070. The molecule has 1 aliphatic heterocycles. The Labute approximate surface area is 156 Å². The fourth-order valence-corrected chi connectivity index (χ4v) is 3.84. The Morgan fingerprint density at radius 1 is 1.07 bits per heavy atom. The number of amides is 1. The van der Waals surface area contributed by atoms with Crippen LogP contribution in [0.1, 0.15) is 35.1 Å². The number of aromatic nitrogens is 4. The number of nitrogens with one attached hydrogen (secondary N) is 1. The van der Waals surface area contributed by atoms with Gasteiger partial charge in [0.25, 0.3) is 5.91 Å². The van der Waals surface area contributed by atoms with Gasteiger partial charge in [-0.3, -0.25) is 4.79 Å². The number of nitrogens with zero attached hydrogens (tertiary/aromatic N) is 4. The van der Waals surface area contributed by atoms with Gasteiger partial charge in [-0.05, 0) is 43.2 Å². The molecule has 0 spiro atoms. The predicted octanol–water partition coefficient (Wildman–Crippen LogP) is 3.73. The van der Waals surface area contributed by atoms with E-state index in [-0.39, 0.29) is 11.9 Å². The van der Waals surface area contributed by atoms with Crippen molar-refractivity contribution in [2.45, 2.75) is 18.9 Å². The molecule has 4 aromatic rings. The first-order valence-corrected chi connectivity index (χ1v) is 9.16. The second-order valence-electron chi connectivity index (χ2n) is 6.76.